The fraction of sp³-hybridized carbons (Fsp3) is 0.429. The molecule has 0 spiro atoms. The SMILES string of the molecule is O=C(O)C1CSC(c2cccc(Cl)c2)N1C(=O)C1CC1. The average Bonchev–Trinajstić information content (AvgIpc) is 3.15. The third-order valence-electron chi connectivity index (χ3n) is 3.60. The fourth-order valence-electron chi connectivity index (χ4n) is 2.42. The van der Waals surface area contributed by atoms with E-state index in [0.717, 1.165) is 18.4 Å². The molecule has 1 heterocycles. The molecule has 1 saturated carbocycles. The van der Waals surface area contributed by atoms with Gasteiger partial charge in [-0.15, -0.1) is 11.8 Å². The summed E-state index contributed by atoms with van der Waals surface area (Å²) in [5.74, 6) is -0.536. The largest absolute Gasteiger partial charge is 0.480 e. The zero-order chi connectivity index (χ0) is 14.3. The molecule has 106 valence electrons. The number of rotatable bonds is 3. The number of halogens is 1. The quantitative estimate of drug-likeness (QED) is 0.932. The summed E-state index contributed by atoms with van der Waals surface area (Å²) in [6.45, 7) is 0. The minimum Gasteiger partial charge on any atom is -0.480 e. The molecule has 4 nitrogen and oxygen atoms in total. The van der Waals surface area contributed by atoms with E-state index in [4.69, 9.17) is 11.6 Å². The Morgan fingerprint density at radius 2 is 2.10 bits per heavy atom. The smallest absolute Gasteiger partial charge is 0.327 e. The predicted molar refractivity (Wildman–Crippen MR) is 77.6 cm³/mol. The molecule has 2 aliphatic rings. The van der Waals surface area contributed by atoms with Crippen molar-refractivity contribution in [3.8, 4) is 0 Å². The number of amides is 1. The fourth-order valence-corrected chi connectivity index (χ4v) is 4.04. The van der Waals surface area contributed by atoms with Gasteiger partial charge >= 0.3 is 5.97 Å². The summed E-state index contributed by atoms with van der Waals surface area (Å²) in [6.07, 6.45) is 1.74. The first kappa shape index (κ1) is 13.8. The van der Waals surface area contributed by atoms with Gasteiger partial charge in [0.2, 0.25) is 5.91 Å². The Morgan fingerprint density at radius 3 is 2.70 bits per heavy atom. The van der Waals surface area contributed by atoms with Crippen LogP contribution in [0.2, 0.25) is 5.02 Å². The van der Waals surface area contributed by atoms with E-state index in [1.165, 1.54) is 16.7 Å². The van der Waals surface area contributed by atoms with E-state index < -0.39 is 12.0 Å². The second-order valence-corrected chi connectivity index (χ2v) is 6.66. The zero-order valence-corrected chi connectivity index (χ0v) is 12.2. The highest BCUT2D eigenvalue weighted by molar-refractivity contribution is 7.99. The molecule has 1 aliphatic heterocycles. The van der Waals surface area contributed by atoms with Crippen molar-refractivity contribution >= 4 is 35.2 Å². The standard InChI is InChI=1S/C14H14ClNO3S/c15-10-3-1-2-9(6-10)13-16(12(17)8-4-5-8)11(7-20-13)14(18)19/h1-3,6,8,11,13H,4-5,7H2,(H,18,19). The van der Waals surface area contributed by atoms with Crippen LogP contribution in [-0.2, 0) is 9.59 Å². The summed E-state index contributed by atoms with van der Waals surface area (Å²) >= 11 is 7.48. The number of hydrogen-bond donors (Lipinski definition) is 1. The van der Waals surface area contributed by atoms with Gasteiger partial charge in [-0.25, -0.2) is 4.79 Å². The first-order valence-electron chi connectivity index (χ1n) is 6.50. The van der Waals surface area contributed by atoms with Crippen molar-refractivity contribution in [1.82, 2.24) is 4.90 Å². The molecule has 2 unspecified atom stereocenters. The molecule has 0 bridgehead atoms. The summed E-state index contributed by atoms with van der Waals surface area (Å²) in [5, 5.41) is 9.67. The topological polar surface area (TPSA) is 57.6 Å². The van der Waals surface area contributed by atoms with Crippen molar-refractivity contribution in [2.24, 2.45) is 5.92 Å². The highest BCUT2D eigenvalue weighted by Gasteiger charge is 2.46. The first-order valence-corrected chi connectivity index (χ1v) is 7.92. The number of aliphatic carboxylic acids is 1. The van der Waals surface area contributed by atoms with Crippen LogP contribution in [0, 0.1) is 5.92 Å². The Bertz CT molecular complexity index is 561. The molecule has 1 aliphatic carbocycles. The van der Waals surface area contributed by atoms with E-state index in [-0.39, 0.29) is 17.2 Å². The van der Waals surface area contributed by atoms with Gasteiger partial charge in [-0.3, -0.25) is 4.79 Å². The number of benzene rings is 1. The van der Waals surface area contributed by atoms with Gasteiger partial charge in [0.1, 0.15) is 11.4 Å². The third-order valence-corrected chi connectivity index (χ3v) is 5.16. The van der Waals surface area contributed by atoms with E-state index in [2.05, 4.69) is 0 Å². The predicted octanol–water partition coefficient (Wildman–Crippen LogP) is 2.78. The van der Waals surface area contributed by atoms with Crippen LogP contribution in [0.5, 0.6) is 0 Å². The van der Waals surface area contributed by atoms with E-state index in [0.29, 0.717) is 10.8 Å². The minimum absolute atomic E-state index is 0.0113. The highest BCUT2D eigenvalue weighted by atomic mass is 35.5. The van der Waals surface area contributed by atoms with Crippen molar-refractivity contribution in [3.05, 3.63) is 34.9 Å². The van der Waals surface area contributed by atoms with Crippen molar-refractivity contribution in [3.63, 3.8) is 0 Å². The molecule has 0 aromatic heterocycles. The van der Waals surface area contributed by atoms with Crippen molar-refractivity contribution < 1.29 is 14.7 Å². The Labute approximate surface area is 126 Å². The van der Waals surface area contributed by atoms with Gasteiger partial charge < -0.3 is 10.0 Å². The monoisotopic (exact) mass is 311 g/mol. The van der Waals surface area contributed by atoms with Gasteiger partial charge in [-0.2, -0.15) is 0 Å². The van der Waals surface area contributed by atoms with Gasteiger partial charge in [0, 0.05) is 16.7 Å². The van der Waals surface area contributed by atoms with Gasteiger partial charge in [0.25, 0.3) is 0 Å². The third kappa shape index (κ3) is 2.52. The van der Waals surface area contributed by atoms with Gasteiger partial charge in [-0.1, -0.05) is 23.7 Å². The highest BCUT2D eigenvalue weighted by Crippen LogP contribution is 2.45. The Morgan fingerprint density at radius 1 is 1.35 bits per heavy atom. The molecule has 1 N–H and O–H groups in total. The lowest BCUT2D eigenvalue weighted by atomic mass is 10.1. The molecular weight excluding hydrogens is 298 g/mol. The molecule has 2 atom stereocenters. The van der Waals surface area contributed by atoms with Gasteiger partial charge in [0.15, 0.2) is 0 Å². The second kappa shape index (κ2) is 5.30. The van der Waals surface area contributed by atoms with Gasteiger partial charge in [0.05, 0.1) is 0 Å². The van der Waals surface area contributed by atoms with Crippen LogP contribution in [0.15, 0.2) is 24.3 Å². The molecule has 0 radical (unpaired) electrons. The van der Waals surface area contributed by atoms with Crippen molar-refractivity contribution in [1.29, 1.82) is 0 Å². The number of hydrogen-bond acceptors (Lipinski definition) is 3. The Balaban J connectivity index is 1.92. The number of carboxylic acids is 1. The Kier molecular flexibility index (Phi) is 3.65. The summed E-state index contributed by atoms with van der Waals surface area (Å²) in [5.41, 5.74) is 0.889. The van der Waals surface area contributed by atoms with Crippen LogP contribution < -0.4 is 0 Å². The maximum Gasteiger partial charge on any atom is 0.327 e. The molecule has 1 saturated heterocycles. The molecule has 2 fully saturated rings. The summed E-state index contributed by atoms with van der Waals surface area (Å²) in [6, 6.07) is 6.55. The average molecular weight is 312 g/mol. The van der Waals surface area contributed by atoms with Gasteiger partial charge in [-0.05, 0) is 30.5 Å². The van der Waals surface area contributed by atoms with E-state index in [9.17, 15) is 14.7 Å². The summed E-state index contributed by atoms with van der Waals surface area (Å²) in [7, 11) is 0. The summed E-state index contributed by atoms with van der Waals surface area (Å²) in [4.78, 5) is 25.3. The van der Waals surface area contributed by atoms with Crippen molar-refractivity contribution in [2.75, 3.05) is 5.75 Å². The number of carbonyl (C=O) groups excluding carboxylic acids is 1. The molecule has 1 aromatic carbocycles. The molecule has 20 heavy (non-hydrogen) atoms. The van der Waals surface area contributed by atoms with Crippen LogP contribution in [0.25, 0.3) is 0 Å². The van der Waals surface area contributed by atoms with Crippen LogP contribution in [-0.4, -0.2) is 33.7 Å². The normalized spacial score (nSPS) is 25.8. The zero-order valence-electron chi connectivity index (χ0n) is 10.7. The molecule has 1 amide bonds. The molecule has 1 aromatic rings. The lowest BCUT2D eigenvalue weighted by Crippen LogP contribution is -2.43. The Hall–Kier alpha value is -1.20. The van der Waals surface area contributed by atoms with Crippen LogP contribution in [0.3, 0.4) is 0 Å². The maximum atomic E-state index is 12.4. The number of carbonyl (C=O) groups is 2. The lowest BCUT2D eigenvalue weighted by molar-refractivity contribution is -0.149. The van der Waals surface area contributed by atoms with E-state index in [1.54, 1.807) is 12.1 Å². The van der Waals surface area contributed by atoms with Crippen LogP contribution in [0.4, 0.5) is 0 Å². The number of thioether (sulfide) groups is 1. The number of nitrogens with zero attached hydrogens (tertiary/aromatic N) is 1. The molecule has 6 heteroatoms. The number of carboxylic acid groups (broad SMARTS) is 1. The molecular formula is C14H14ClNO3S. The van der Waals surface area contributed by atoms with Crippen molar-refractivity contribution in [2.45, 2.75) is 24.3 Å². The van der Waals surface area contributed by atoms with Crippen LogP contribution in [0.1, 0.15) is 23.8 Å². The first-order chi connectivity index (χ1) is 9.58. The summed E-state index contributed by atoms with van der Waals surface area (Å²) < 4.78 is 0. The minimum atomic E-state index is -0.934. The lowest BCUT2D eigenvalue weighted by Gasteiger charge is -2.27. The second-order valence-electron chi connectivity index (χ2n) is 5.11. The van der Waals surface area contributed by atoms with Crippen LogP contribution >= 0.6 is 23.4 Å². The van der Waals surface area contributed by atoms with E-state index >= 15 is 0 Å². The maximum absolute atomic E-state index is 12.4. The molecule has 3 rings (SSSR count). The van der Waals surface area contributed by atoms with E-state index in [1.807, 2.05) is 12.1 Å².